The van der Waals surface area contributed by atoms with E-state index in [0.717, 1.165) is 5.56 Å². The van der Waals surface area contributed by atoms with E-state index in [1.807, 2.05) is 0 Å². The summed E-state index contributed by atoms with van der Waals surface area (Å²) in [5.41, 5.74) is 1.91. The number of benzene rings is 2. The molecule has 1 saturated heterocycles. The number of hydrogen-bond donors (Lipinski definition) is 3. The van der Waals surface area contributed by atoms with Gasteiger partial charge >= 0.3 is 19.7 Å². The average molecular weight is 619 g/mol. The highest BCUT2D eigenvalue weighted by Gasteiger charge is 2.28. The first kappa shape index (κ1) is 31.8. The second kappa shape index (κ2) is 15.4. The molecule has 0 aliphatic carbocycles. The zero-order valence-corrected chi connectivity index (χ0v) is 25.0. The lowest BCUT2D eigenvalue weighted by Crippen LogP contribution is -2.28. The highest BCUT2D eigenvalue weighted by atomic mass is 31.2. The van der Waals surface area contributed by atoms with Gasteiger partial charge < -0.3 is 48.4 Å². The van der Waals surface area contributed by atoms with Crippen LogP contribution in [0.1, 0.15) is 25.8 Å². The quantitative estimate of drug-likeness (QED) is 0.192. The smallest absolute Gasteiger partial charge is 0.407 e. The number of oxazole rings is 1. The molecule has 1 atom stereocenters. The van der Waals surface area contributed by atoms with Crippen molar-refractivity contribution in [2.75, 3.05) is 50.5 Å². The van der Waals surface area contributed by atoms with Crippen LogP contribution in [-0.4, -0.2) is 63.1 Å². The molecule has 14 nitrogen and oxygen atoms in total. The molecule has 1 fully saturated rings. The SMILES string of the molecule is CCOP(=O)(COc1c(NC(=O)Nc2cccc(CNC(=O)O[C@H]3CCOC3)c2)ccc(-c2cnco2)c1OC)OCC. The van der Waals surface area contributed by atoms with Gasteiger partial charge in [0.05, 0.1) is 51.0 Å². The van der Waals surface area contributed by atoms with Gasteiger partial charge in [0.2, 0.25) is 0 Å². The molecular formula is C28H35N4O10P. The van der Waals surface area contributed by atoms with Crippen molar-refractivity contribution in [1.82, 2.24) is 10.3 Å². The molecule has 4 rings (SSSR count). The Labute approximate surface area is 248 Å². The van der Waals surface area contributed by atoms with Crippen LogP contribution < -0.4 is 25.4 Å². The van der Waals surface area contributed by atoms with Crippen molar-refractivity contribution in [2.24, 2.45) is 0 Å². The molecule has 43 heavy (non-hydrogen) atoms. The number of carbonyl (C=O) groups excluding carboxylic acids is 2. The van der Waals surface area contributed by atoms with E-state index in [1.165, 1.54) is 19.7 Å². The Kier molecular flexibility index (Phi) is 11.4. The summed E-state index contributed by atoms with van der Waals surface area (Å²) in [5.74, 6) is 0.676. The lowest BCUT2D eigenvalue weighted by atomic mass is 10.1. The molecule has 0 radical (unpaired) electrons. The van der Waals surface area contributed by atoms with Crippen molar-refractivity contribution in [1.29, 1.82) is 0 Å². The lowest BCUT2D eigenvalue weighted by Gasteiger charge is -2.21. The Morgan fingerprint density at radius 2 is 1.91 bits per heavy atom. The molecule has 2 aromatic carbocycles. The van der Waals surface area contributed by atoms with E-state index >= 15 is 0 Å². The zero-order chi connectivity index (χ0) is 30.7. The zero-order valence-electron chi connectivity index (χ0n) is 24.1. The van der Waals surface area contributed by atoms with Gasteiger partial charge in [-0.25, -0.2) is 14.6 Å². The monoisotopic (exact) mass is 618 g/mol. The molecule has 1 aromatic heterocycles. The largest absolute Gasteiger partial charge is 0.492 e. The van der Waals surface area contributed by atoms with Crippen LogP contribution in [0.15, 0.2) is 53.4 Å². The van der Waals surface area contributed by atoms with Crippen LogP contribution in [0.5, 0.6) is 11.5 Å². The van der Waals surface area contributed by atoms with Crippen LogP contribution in [-0.2, 0) is 29.6 Å². The molecule has 0 saturated carbocycles. The van der Waals surface area contributed by atoms with Gasteiger partial charge in [-0.15, -0.1) is 0 Å². The predicted molar refractivity (Wildman–Crippen MR) is 156 cm³/mol. The van der Waals surface area contributed by atoms with E-state index in [2.05, 4.69) is 20.9 Å². The van der Waals surface area contributed by atoms with Crippen molar-refractivity contribution in [2.45, 2.75) is 32.9 Å². The van der Waals surface area contributed by atoms with Gasteiger partial charge in [-0.05, 0) is 43.7 Å². The number of amides is 3. The van der Waals surface area contributed by atoms with Gasteiger partial charge in [0.1, 0.15) is 6.10 Å². The summed E-state index contributed by atoms with van der Waals surface area (Å²) in [6.45, 7) is 4.83. The van der Waals surface area contributed by atoms with Crippen molar-refractivity contribution >= 4 is 31.1 Å². The van der Waals surface area contributed by atoms with Crippen molar-refractivity contribution < 1.29 is 46.6 Å². The first-order chi connectivity index (χ1) is 20.8. The first-order valence-corrected chi connectivity index (χ1v) is 15.4. The Balaban J connectivity index is 1.48. The standard InChI is InChI=1S/C28H35N4O10P/c1-4-40-43(35,41-5-2)18-39-26-23(10-9-22(25(26)36-3)24-15-29-17-38-24)32-27(33)31-20-8-6-7-19(13-20)14-30-28(34)42-21-11-12-37-16-21/h6-10,13,15,17,21H,4-5,11-12,14,16,18H2,1-3H3,(H,30,34)(H2,31,32,33)/t21-/m0/s1. The molecule has 0 spiro atoms. The molecule has 232 valence electrons. The molecular weight excluding hydrogens is 583 g/mol. The molecule has 3 aromatic rings. The maximum absolute atomic E-state index is 13.1. The number of anilines is 2. The number of methoxy groups -OCH3 is 1. The van der Waals surface area contributed by atoms with Crippen LogP contribution in [0.25, 0.3) is 11.3 Å². The predicted octanol–water partition coefficient (Wildman–Crippen LogP) is 5.61. The van der Waals surface area contributed by atoms with E-state index in [1.54, 1.807) is 50.2 Å². The summed E-state index contributed by atoms with van der Waals surface area (Å²) in [7, 11) is -2.19. The summed E-state index contributed by atoms with van der Waals surface area (Å²) in [4.78, 5) is 29.1. The minimum atomic E-state index is -3.61. The minimum Gasteiger partial charge on any atom is -0.492 e. The fourth-order valence-corrected chi connectivity index (χ4v) is 5.51. The molecule has 15 heteroatoms. The number of nitrogens with zero attached hydrogens (tertiary/aromatic N) is 1. The van der Waals surface area contributed by atoms with Gasteiger partial charge in [0.25, 0.3) is 0 Å². The third-order valence-electron chi connectivity index (χ3n) is 6.06. The summed E-state index contributed by atoms with van der Waals surface area (Å²) in [6, 6.07) is 9.61. The maximum Gasteiger partial charge on any atom is 0.407 e. The van der Waals surface area contributed by atoms with Crippen molar-refractivity contribution in [3.05, 3.63) is 54.6 Å². The number of ether oxygens (including phenoxy) is 4. The Hall–Kier alpha value is -4.10. The lowest BCUT2D eigenvalue weighted by molar-refractivity contribution is 0.0828. The first-order valence-electron chi connectivity index (χ1n) is 13.6. The number of urea groups is 1. The van der Waals surface area contributed by atoms with E-state index in [9.17, 15) is 14.2 Å². The Bertz CT molecular complexity index is 1400. The third-order valence-corrected chi connectivity index (χ3v) is 7.81. The van der Waals surface area contributed by atoms with Gasteiger partial charge in [0, 0.05) is 18.7 Å². The summed E-state index contributed by atoms with van der Waals surface area (Å²) >= 11 is 0. The Morgan fingerprint density at radius 3 is 2.58 bits per heavy atom. The maximum atomic E-state index is 13.1. The Morgan fingerprint density at radius 1 is 1.09 bits per heavy atom. The van der Waals surface area contributed by atoms with Gasteiger partial charge in [0.15, 0.2) is 30.0 Å². The minimum absolute atomic E-state index is 0.0790. The van der Waals surface area contributed by atoms with Crippen LogP contribution in [0.4, 0.5) is 21.0 Å². The second-order valence-corrected chi connectivity index (χ2v) is 11.1. The average Bonchev–Trinajstić information content (AvgIpc) is 3.71. The number of rotatable bonds is 14. The fourth-order valence-electron chi connectivity index (χ4n) is 4.22. The normalized spacial score (nSPS) is 14.6. The fraction of sp³-hybridized carbons (Fsp3) is 0.393. The van der Waals surface area contributed by atoms with Gasteiger partial charge in [-0.3, -0.25) is 4.57 Å². The highest BCUT2D eigenvalue weighted by molar-refractivity contribution is 7.53. The van der Waals surface area contributed by atoms with E-state index in [-0.39, 0.29) is 43.0 Å². The summed E-state index contributed by atoms with van der Waals surface area (Å²) < 4.78 is 51.3. The van der Waals surface area contributed by atoms with Crippen molar-refractivity contribution in [3.63, 3.8) is 0 Å². The van der Waals surface area contributed by atoms with Gasteiger partial charge in [-0.1, -0.05) is 12.1 Å². The number of hydrogen-bond acceptors (Lipinski definition) is 11. The second-order valence-electron chi connectivity index (χ2n) is 9.13. The topological polar surface area (TPSA) is 169 Å². The summed E-state index contributed by atoms with van der Waals surface area (Å²) in [5, 5.41) is 8.20. The third kappa shape index (κ3) is 8.94. The number of nitrogens with one attached hydrogen (secondary N) is 3. The van der Waals surface area contributed by atoms with Crippen molar-refractivity contribution in [3.8, 4) is 22.8 Å². The molecule has 0 bridgehead atoms. The van der Waals surface area contributed by atoms with E-state index in [0.29, 0.717) is 36.6 Å². The molecule has 1 aliphatic rings. The number of aromatic nitrogens is 1. The van der Waals surface area contributed by atoms with Crippen LogP contribution in [0.2, 0.25) is 0 Å². The van der Waals surface area contributed by atoms with Gasteiger partial charge in [-0.2, -0.15) is 0 Å². The molecule has 3 N–H and O–H groups in total. The van der Waals surface area contributed by atoms with E-state index in [4.69, 9.17) is 32.4 Å². The number of alkyl carbamates (subject to hydrolysis) is 1. The molecule has 1 aliphatic heterocycles. The molecule has 0 unspecified atom stereocenters. The van der Waals surface area contributed by atoms with Crippen LogP contribution >= 0.6 is 7.60 Å². The van der Waals surface area contributed by atoms with E-state index < -0.39 is 26.1 Å². The molecule has 2 heterocycles. The molecule has 3 amide bonds. The number of carbonyl (C=O) groups is 2. The summed E-state index contributed by atoms with van der Waals surface area (Å²) in [6.07, 6.45) is 2.20. The van der Waals surface area contributed by atoms with Crippen LogP contribution in [0.3, 0.4) is 0 Å². The van der Waals surface area contributed by atoms with Crippen LogP contribution in [0, 0.1) is 0 Å². The highest BCUT2D eigenvalue weighted by Crippen LogP contribution is 2.50.